The minimum absolute atomic E-state index is 0.147. The van der Waals surface area contributed by atoms with Crippen molar-refractivity contribution in [3.63, 3.8) is 0 Å². The van der Waals surface area contributed by atoms with E-state index >= 15 is 0 Å². The number of carbonyl (C=O) groups is 2. The standard InChI is InChI=1S/C58H100O15/c1-3-5-7-9-11-13-15-17-19-21-23-25-27-29-31-33-35-37-39-41-50(61)71-46(43-68-49(60)40-38-36-34-32-30-28-26-24-22-20-18-16-14-12-10-8-6-4-2)44-69-57-56(67)54(65)52(63)48(73-57)45-70-58-55(66)53(64)51(62)47(42-59)72-58/h11,13-14,16-17,19-20,22-23,25,46-48,51-59,62-67H,3-10,12,15,18,21,24,26-45H2,1-2H3/b13-11-,16-14-,19-17-,22-20-,25-23-. The van der Waals surface area contributed by atoms with Gasteiger partial charge in [-0.1, -0.05) is 164 Å². The van der Waals surface area contributed by atoms with E-state index in [4.69, 9.17) is 28.4 Å². The third kappa shape index (κ3) is 31.8. The number of ether oxygens (including phenoxy) is 6. The average molecular weight is 1040 g/mol. The molecule has 2 aliphatic rings. The molecule has 422 valence electrons. The van der Waals surface area contributed by atoms with Crippen molar-refractivity contribution < 1.29 is 73.8 Å². The molecule has 0 spiro atoms. The molecule has 2 aliphatic heterocycles. The molecule has 11 atom stereocenters. The smallest absolute Gasteiger partial charge is 0.306 e. The first-order chi connectivity index (χ1) is 35.5. The quantitative estimate of drug-likeness (QED) is 0.0171. The van der Waals surface area contributed by atoms with Crippen molar-refractivity contribution >= 4 is 11.9 Å². The first-order valence-corrected chi connectivity index (χ1v) is 28.4. The highest BCUT2D eigenvalue weighted by Gasteiger charge is 2.47. The van der Waals surface area contributed by atoms with Crippen LogP contribution in [-0.4, -0.2) is 142 Å². The van der Waals surface area contributed by atoms with Gasteiger partial charge in [-0.05, 0) is 83.5 Å². The zero-order valence-electron chi connectivity index (χ0n) is 44.9. The number of hydrogen-bond acceptors (Lipinski definition) is 15. The Morgan fingerprint density at radius 2 is 0.822 bits per heavy atom. The van der Waals surface area contributed by atoms with Crippen LogP contribution in [0.5, 0.6) is 0 Å². The van der Waals surface area contributed by atoms with Gasteiger partial charge in [0.15, 0.2) is 18.7 Å². The summed E-state index contributed by atoms with van der Waals surface area (Å²) >= 11 is 0. The fraction of sp³-hybridized carbons (Fsp3) is 0.793. The summed E-state index contributed by atoms with van der Waals surface area (Å²) in [4.78, 5) is 25.9. The van der Waals surface area contributed by atoms with Crippen LogP contribution in [0.2, 0.25) is 0 Å². The van der Waals surface area contributed by atoms with Gasteiger partial charge in [0.2, 0.25) is 0 Å². The Kier molecular flexibility index (Phi) is 40.3. The van der Waals surface area contributed by atoms with E-state index in [-0.39, 0.29) is 19.4 Å². The monoisotopic (exact) mass is 1040 g/mol. The number of aliphatic hydroxyl groups excluding tert-OH is 7. The van der Waals surface area contributed by atoms with E-state index in [1.807, 2.05) is 0 Å². The molecule has 73 heavy (non-hydrogen) atoms. The number of unbranched alkanes of at least 4 members (excludes halogenated alkanes) is 20. The van der Waals surface area contributed by atoms with E-state index in [0.717, 1.165) is 89.9 Å². The highest BCUT2D eigenvalue weighted by atomic mass is 16.7. The highest BCUT2D eigenvalue weighted by Crippen LogP contribution is 2.26. The van der Waals surface area contributed by atoms with Crippen molar-refractivity contribution in [1.82, 2.24) is 0 Å². The maximum atomic E-state index is 13.1. The summed E-state index contributed by atoms with van der Waals surface area (Å²) in [6.45, 7) is 2.53. The molecular weight excluding hydrogens is 937 g/mol. The van der Waals surface area contributed by atoms with Gasteiger partial charge in [-0.15, -0.1) is 0 Å². The van der Waals surface area contributed by atoms with Crippen molar-refractivity contribution in [1.29, 1.82) is 0 Å². The summed E-state index contributed by atoms with van der Waals surface area (Å²) in [6, 6.07) is 0. The van der Waals surface area contributed by atoms with Crippen LogP contribution in [-0.2, 0) is 38.0 Å². The number of allylic oxidation sites excluding steroid dienone is 10. The lowest BCUT2D eigenvalue weighted by atomic mass is 9.98. The van der Waals surface area contributed by atoms with Crippen LogP contribution in [0.4, 0.5) is 0 Å². The lowest BCUT2D eigenvalue weighted by molar-refractivity contribution is -0.332. The van der Waals surface area contributed by atoms with Gasteiger partial charge in [0, 0.05) is 12.8 Å². The van der Waals surface area contributed by atoms with Crippen LogP contribution in [0.15, 0.2) is 60.8 Å². The van der Waals surface area contributed by atoms with E-state index in [0.29, 0.717) is 12.8 Å². The molecule has 15 nitrogen and oxygen atoms in total. The van der Waals surface area contributed by atoms with Crippen molar-refractivity contribution in [3.8, 4) is 0 Å². The molecule has 0 aromatic carbocycles. The topological polar surface area (TPSA) is 231 Å². The molecule has 2 saturated heterocycles. The van der Waals surface area contributed by atoms with Gasteiger partial charge < -0.3 is 64.2 Å². The molecule has 15 heteroatoms. The Hall–Kier alpha value is -2.80. The van der Waals surface area contributed by atoms with E-state index in [1.54, 1.807) is 0 Å². The summed E-state index contributed by atoms with van der Waals surface area (Å²) in [5, 5.41) is 72.2. The SMILES string of the molecule is CCCCC/C=C\C/C=C\C/C=C\CCCCCCCCC(=O)OC(COC(=O)CCCCCCCCC/C=C\C/C=C\CCCCCC)COC1OC(COC2OC(CO)C(O)C(O)C2O)C(O)C(O)C1O. The second kappa shape index (κ2) is 44.3. The fourth-order valence-corrected chi connectivity index (χ4v) is 8.55. The third-order valence-electron chi connectivity index (χ3n) is 13.2. The Morgan fingerprint density at radius 1 is 0.438 bits per heavy atom. The van der Waals surface area contributed by atoms with E-state index in [1.165, 1.54) is 70.6 Å². The lowest BCUT2D eigenvalue weighted by Gasteiger charge is -2.42. The van der Waals surface area contributed by atoms with Gasteiger partial charge in [-0.3, -0.25) is 9.59 Å². The summed E-state index contributed by atoms with van der Waals surface area (Å²) in [5.74, 6) is -0.948. The summed E-state index contributed by atoms with van der Waals surface area (Å²) in [5.41, 5.74) is 0. The largest absolute Gasteiger partial charge is 0.462 e. The van der Waals surface area contributed by atoms with Crippen LogP contribution in [0.3, 0.4) is 0 Å². The number of carbonyl (C=O) groups excluding carboxylic acids is 2. The minimum Gasteiger partial charge on any atom is -0.462 e. The number of esters is 2. The lowest BCUT2D eigenvalue weighted by Crippen LogP contribution is -2.61. The predicted octanol–water partition coefficient (Wildman–Crippen LogP) is 9.22. The summed E-state index contributed by atoms with van der Waals surface area (Å²) < 4.78 is 33.7. The molecular formula is C58H100O15. The molecule has 0 saturated carbocycles. The first kappa shape index (κ1) is 66.3. The average Bonchev–Trinajstić information content (AvgIpc) is 3.38. The molecule has 0 aromatic rings. The summed E-state index contributed by atoms with van der Waals surface area (Å²) in [6.07, 6.45) is 35.1. The number of aliphatic hydroxyl groups is 7. The van der Waals surface area contributed by atoms with Crippen LogP contribution in [0.25, 0.3) is 0 Å². The maximum absolute atomic E-state index is 13.1. The van der Waals surface area contributed by atoms with Crippen LogP contribution < -0.4 is 0 Å². The summed E-state index contributed by atoms with van der Waals surface area (Å²) in [7, 11) is 0. The maximum Gasteiger partial charge on any atom is 0.306 e. The van der Waals surface area contributed by atoms with Crippen LogP contribution in [0, 0.1) is 0 Å². The third-order valence-corrected chi connectivity index (χ3v) is 13.2. The van der Waals surface area contributed by atoms with Gasteiger partial charge >= 0.3 is 11.9 Å². The molecule has 0 aromatic heterocycles. The Morgan fingerprint density at radius 3 is 1.32 bits per heavy atom. The Balaban J connectivity index is 1.78. The molecule has 0 aliphatic carbocycles. The molecule has 7 N–H and O–H groups in total. The molecule has 0 radical (unpaired) electrons. The zero-order valence-corrected chi connectivity index (χ0v) is 44.9. The molecule has 0 amide bonds. The van der Waals surface area contributed by atoms with Crippen molar-refractivity contribution in [2.45, 2.75) is 268 Å². The van der Waals surface area contributed by atoms with Gasteiger partial charge in [-0.2, -0.15) is 0 Å². The zero-order chi connectivity index (χ0) is 53.2. The molecule has 0 bridgehead atoms. The number of rotatable bonds is 44. The minimum atomic E-state index is -1.77. The van der Waals surface area contributed by atoms with Gasteiger partial charge in [0.05, 0.1) is 19.8 Å². The normalized spacial score (nSPS) is 25.3. The highest BCUT2D eigenvalue weighted by molar-refractivity contribution is 5.70. The van der Waals surface area contributed by atoms with E-state index < -0.39 is 99.3 Å². The van der Waals surface area contributed by atoms with Gasteiger partial charge in [0.25, 0.3) is 0 Å². The Bertz CT molecular complexity index is 1500. The molecule has 2 fully saturated rings. The second-order valence-electron chi connectivity index (χ2n) is 19.8. The van der Waals surface area contributed by atoms with Crippen molar-refractivity contribution in [2.75, 3.05) is 26.4 Å². The van der Waals surface area contributed by atoms with Crippen molar-refractivity contribution in [3.05, 3.63) is 60.8 Å². The molecule has 2 heterocycles. The van der Waals surface area contributed by atoms with Gasteiger partial charge in [0.1, 0.15) is 55.4 Å². The second-order valence-corrected chi connectivity index (χ2v) is 19.8. The first-order valence-electron chi connectivity index (χ1n) is 28.4. The molecule has 2 rings (SSSR count). The number of hydrogen-bond donors (Lipinski definition) is 7. The van der Waals surface area contributed by atoms with Crippen LogP contribution in [0.1, 0.15) is 200 Å². The molecule has 11 unspecified atom stereocenters. The fourth-order valence-electron chi connectivity index (χ4n) is 8.55. The van der Waals surface area contributed by atoms with Crippen molar-refractivity contribution in [2.24, 2.45) is 0 Å². The predicted molar refractivity (Wildman–Crippen MR) is 284 cm³/mol. The van der Waals surface area contributed by atoms with E-state index in [9.17, 15) is 45.3 Å². The van der Waals surface area contributed by atoms with E-state index in [2.05, 4.69) is 74.6 Å². The Labute approximate surface area is 439 Å². The van der Waals surface area contributed by atoms with Crippen LogP contribution >= 0.6 is 0 Å². The van der Waals surface area contributed by atoms with Gasteiger partial charge in [-0.25, -0.2) is 0 Å².